The van der Waals surface area contributed by atoms with Gasteiger partial charge in [-0.1, -0.05) is 24.3 Å². The summed E-state index contributed by atoms with van der Waals surface area (Å²) in [7, 11) is -0.402. The minimum atomic E-state index is -0.402. The Bertz CT molecular complexity index is 562. The molecule has 0 atom stereocenters. The molecule has 0 saturated carbocycles. The van der Waals surface area contributed by atoms with Gasteiger partial charge in [0.05, 0.1) is 17.8 Å². The lowest BCUT2D eigenvalue weighted by molar-refractivity contribution is -0.137. The van der Waals surface area contributed by atoms with E-state index in [1.165, 1.54) is 6.08 Å². The Balaban J connectivity index is 2.15. The maximum absolute atomic E-state index is 11.4. The molecule has 1 aliphatic heterocycles. The van der Waals surface area contributed by atoms with Gasteiger partial charge in [0.25, 0.3) is 0 Å². The second-order valence-corrected chi connectivity index (χ2v) is 6.34. The van der Waals surface area contributed by atoms with Crippen molar-refractivity contribution in [3.05, 3.63) is 35.9 Å². The van der Waals surface area contributed by atoms with E-state index in [0.717, 1.165) is 11.0 Å². The van der Waals surface area contributed by atoms with Crippen molar-refractivity contribution in [1.29, 1.82) is 0 Å². The third-order valence-electron chi connectivity index (χ3n) is 4.13. The molecule has 0 amide bonds. The van der Waals surface area contributed by atoms with E-state index in [2.05, 4.69) is 0 Å². The average molecular weight is 302 g/mol. The van der Waals surface area contributed by atoms with Crippen LogP contribution in [0.4, 0.5) is 0 Å². The average Bonchev–Trinajstić information content (AvgIpc) is 2.66. The van der Waals surface area contributed by atoms with Gasteiger partial charge in [0.2, 0.25) is 0 Å². The Morgan fingerprint density at radius 3 is 2.45 bits per heavy atom. The van der Waals surface area contributed by atoms with Gasteiger partial charge in [-0.2, -0.15) is 0 Å². The first-order valence-electron chi connectivity index (χ1n) is 7.55. The van der Waals surface area contributed by atoms with Gasteiger partial charge < -0.3 is 14.0 Å². The molecule has 2 rings (SSSR count). The highest BCUT2D eigenvalue weighted by molar-refractivity contribution is 6.62. The van der Waals surface area contributed by atoms with E-state index in [4.69, 9.17) is 14.0 Å². The summed E-state index contributed by atoms with van der Waals surface area (Å²) >= 11 is 0. The fourth-order valence-electron chi connectivity index (χ4n) is 2.14. The van der Waals surface area contributed by atoms with E-state index in [0.29, 0.717) is 6.61 Å². The Labute approximate surface area is 132 Å². The number of hydrogen-bond donors (Lipinski definition) is 0. The summed E-state index contributed by atoms with van der Waals surface area (Å²) in [5.74, 6) is -0.344. The van der Waals surface area contributed by atoms with Gasteiger partial charge in [-0.25, -0.2) is 4.79 Å². The van der Waals surface area contributed by atoms with Gasteiger partial charge in [-0.05, 0) is 51.7 Å². The predicted molar refractivity (Wildman–Crippen MR) is 87.8 cm³/mol. The standard InChI is InChI=1S/C17H23BO4/c1-6-20-15(19)11-10-13-8-7-9-14(12-13)18-21-16(2,3)17(4,5)22-18/h7-12H,6H2,1-5H3/b11-10+. The van der Waals surface area contributed by atoms with Crippen LogP contribution in [0.15, 0.2) is 30.3 Å². The topological polar surface area (TPSA) is 44.8 Å². The molecule has 4 nitrogen and oxygen atoms in total. The molecule has 0 N–H and O–H groups in total. The van der Waals surface area contributed by atoms with Crippen molar-refractivity contribution >= 4 is 24.6 Å². The number of hydrogen-bond acceptors (Lipinski definition) is 4. The number of rotatable bonds is 4. The predicted octanol–water partition coefficient (Wildman–Crippen LogP) is 2.56. The molecule has 0 spiro atoms. The summed E-state index contributed by atoms with van der Waals surface area (Å²) in [6.07, 6.45) is 3.15. The van der Waals surface area contributed by atoms with Gasteiger partial charge in [0.15, 0.2) is 0 Å². The summed E-state index contributed by atoms with van der Waals surface area (Å²) < 4.78 is 16.9. The number of benzene rings is 1. The molecule has 118 valence electrons. The minimum absolute atomic E-state index is 0.344. The quantitative estimate of drug-likeness (QED) is 0.487. The highest BCUT2D eigenvalue weighted by atomic mass is 16.7. The molecule has 22 heavy (non-hydrogen) atoms. The summed E-state index contributed by atoms with van der Waals surface area (Å²) in [6, 6.07) is 7.76. The third kappa shape index (κ3) is 3.59. The first kappa shape index (κ1) is 16.8. The van der Waals surface area contributed by atoms with Crippen molar-refractivity contribution in [3.8, 4) is 0 Å². The Morgan fingerprint density at radius 1 is 1.23 bits per heavy atom. The zero-order valence-corrected chi connectivity index (χ0v) is 13.9. The van der Waals surface area contributed by atoms with Crippen molar-refractivity contribution in [3.63, 3.8) is 0 Å². The Kier molecular flexibility index (Phi) is 4.78. The summed E-state index contributed by atoms with van der Waals surface area (Å²) in [5, 5.41) is 0. The summed E-state index contributed by atoms with van der Waals surface area (Å²) in [6.45, 7) is 10.3. The molecule has 0 aliphatic carbocycles. The molecule has 5 heteroatoms. The monoisotopic (exact) mass is 302 g/mol. The number of ether oxygens (including phenoxy) is 1. The number of carbonyl (C=O) groups is 1. The van der Waals surface area contributed by atoms with Gasteiger partial charge in [0.1, 0.15) is 0 Å². The molecule has 1 aliphatic rings. The molecule has 0 aromatic heterocycles. The van der Waals surface area contributed by atoms with Crippen molar-refractivity contribution in [2.24, 2.45) is 0 Å². The zero-order valence-electron chi connectivity index (χ0n) is 13.9. The molecular weight excluding hydrogens is 279 g/mol. The maximum Gasteiger partial charge on any atom is 0.494 e. The van der Waals surface area contributed by atoms with E-state index in [1.54, 1.807) is 13.0 Å². The number of esters is 1. The molecule has 1 heterocycles. The summed E-state index contributed by atoms with van der Waals surface area (Å²) in [4.78, 5) is 11.4. The molecular formula is C17H23BO4. The van der Waals surface area contributed by atoms with Crippen LogP contribution in [0.25, 0.3) is 6.08 Å². The fourth-order valence-corrected chi connectivity index (χ4v) is 2.14. The van der Waals surface area contributed by atoms with Crippen LogP contribution in [-0.2, 0) is 18.8 Å². The van der Waals surface area contributed by atoms with Crippen LogP contribution < -0.4 is 5.46 Å². The molecule has 1 aromatic carbocycles. The van der Waals surface area contributed by atoms with Crippen LogP contribution in [0.1, 0.15) is 40.2 Å². The van der Waals surface area contributed by atoms with Crippen molar-refractivity contribution < 1.29 is 18.8 Å². The molecule has 0 unspecified atom stereocenters. The first-order chi connectivity index (χ1) is 10.2. The van der Waals surface area contributed by atoms with Crippen LogP contribution in [0.3, 0.4) is 0 Å². The lowest BCUT2D eigenvalue weighted by Crippen LogP contribution is -2.41. The Hall–Kier alpha value is -1.59. The number of carbonyl (C=O) groups excluding carboxylic acids is 1. The second-order valence-electron chi connectivity index (χ2n) is 6.34. The second kappa shape index (κ2) is 6.27. The molecule has 1 fully saturated rings. The van der Waals surface area contributed by atoms with Crippen LogP contribution in [-0.4, -0.2) is 30.9 Å². The van der Waals surface area contributed by atoms with Gasteiger partial charge >= 0.3 is 13.1 Å². The van der Waals surface area contributed by atoms with Crippen molar-refractivity contribution in [1.82, 2.24) is 0 Å². The van der Waals surface area contributed by atoms with Gasteiger partial charge in [-0.3, -0.25) is 0 Å². The van der Waals surface area contributed by atoms with E-state index < -0.39 is 7.12 Å². The van der Waals surface area contributed by atoms with Crippen molar-refractivity contribution in [2.45, 2.75) is 45.8 Å². The molecule has 0 radical (unpaired) electrons. The van der Waals surface area contributed by atoms with E-state index in [9.17, 15) is 4.79 Å². The van der Waals surface area contributed by atoms with Crippen molar-refractivity contribution in [2.75, 3.05) is 6.61 Å². The maximum atomic E-state index is 11.4. The van der Waals surface area contributed by atoms with Gasteiger partial charge in [-0.15, -0.1) is 0 Å². The molecule has 0 bridgehead atoms. The zero-order chi connectivity index (χ0) is 16.4. The molecule has 1 saturated heterocycles. The first-order valence-corrected chi connectivity index (χ1v) is 7.55. The third-order valence-corrected chi connectivity index (χ3v) is 4.13. The largest absolute Gasteiger partial charge is 0.494 e. The highest BCUT2D eigenvalue weighted by Gasteiger charge is 2.51. The van der Waals surface area contributed by atoms with E-state index in [1.807, 2.05) is 52.0 Å². The van der Waals surface area contributed by atoms with E-state index >= 15 is 0 Å². The lowest BCUT2D eigenvalue weighted by atomic mass is 9.78. The van der Waals surface area contributed by atoms with Crippen LogP contribution in [0.5, 0.6) is 0 Å². The summed E-state index contributed by atoms with van der Waals surface area (Å²) in [5.41, 5.74) is 1.10. The van der Waals surface area contributed by atoms with E-state index in [-0.39, 0.29) is 17.2 Å². The van der Waals surface area contributed by atoms with Crippen LogP contribution in [0.2, 0.25) is 0 Å². The molecule has 1 aromatic rings. The normalized spacial score (nSPS) is 19.6. The van der Waals surface area contributed by atoms with Crippen LogP contribution in [0, 0.1) is 0 Å². The smallest absolute Gasteiger partial charge is 0.463 e. The fraction of sp³-hybridized carbons (Fsp3) is 0.471. The minimum Gasteiger partial charge on any atom is -0.463 e. The highest BCUT2D eigenvalue weighted by Crippen LogP contribution is 2.36. The lowest BCUT2D eigenvalue weighted by Gasteiger charge is -2.32. The Morgan fingerprint density at radius 2 is 1.86 bits per heavy atom. The van der Waals surface area contributed by atoms with Crippen LogP contribution >= 0.6 is 0 Å². The SMILES string of the molecule is CCOC(=O)/C=C/c1cccc(B2OC(C)(C)C(C)(C)O2)c1. The van der Waals surface area contributed by atoms with Gasteiger partial charge in [0, 0.05) is 6.08 Å².